The monoisotopic (exact) mass is 261 g/mol. The van der Waals surface area contributed by atoms with Gasteiger partial charge in [0.1, 0.15) is 5.15 Å². The van der Waals surface area contributed by atoms with Crippen molar-refractivity contribution in [3.05, 3.63) is 45.9 Å². The van der Waals surface area contributed by atoms with Crippen LogP contribution in [0.5, 0.6) is 0 Å². The van der Waals surface area contributed by atoms with Crippen molar-refractivity contribution in [2.75, 3.05) is 0 Å². The molecule has 0 saturated heterocycles. The second-order valence-electron chi connectivity index (χ2n) is 2.74. The van der Waals surface area contributed by atoms with Crippen molar-refractivity contribution < 1.29 is 0 Å². The van der Waals surface area contributed by atoms with Crippen LogP contribution in [0.4, 0.5) is 0 Å². The van der Waals surface area contributed by atoms with Gasteiger partial charge in [0.05, 0.1) is 4.88 Å². The third kappa shape index (κ3) is 2.60. The van der Waals surface area contributed by atoms with Gasteiger partial charge >= 0.3 is 0 Å². The summed E-state index contributed by atoms with van der Waals surface area (Å²) < 4.78 is 3.06. The molecule has 2 rings (SSSR count). The van der Waals surface area contributed by atoms with E-state index in [1.54, 1.807) is 30.2 Å². The van der Waals surface area contributed by atoms with Gasteiger partial charge in [-0.2, -0.15) is 0 Å². The zero-order valence-electron chi connectivity index (χ0n) is 7.20. The molecule has 0 aliphatic heterocycles. The summed E-state index contributed by atoms with van der Waals surface area (Å²) in [4.78, 5) is 1.20. The first-order chi connectivity index (χ1) is 6.86. The van der Waals surface area contributed by atoms with Crippen LogP contribution in [0.15, 0.2) is 30.3 Å². The number of aromatic nitrogens is 1. The maximum Gasteiger partial charge on any atom is 0.130 e. The Morgan fingerprint density at radius 1 is 1.21 bits per heavy atom. The van der Waals surface area contributed by atoms with Gasteiger partial charge in [-0.05, 0) is 14.9 Å². The Kier molecular flexibility index (Phi) is 3.64. The molecular formula is C9H8ClNS3. The third-order valence-corrected chi connectivity index (χ3v) is 5.76. The predicted molar refractivity (Wildman–Crippen MR) is 66.3 cm³/mol. The molecule has 0 radical (unpaired) electrons. The fraction of sp³-hybridized carbons (Fsp3) is 0.111. The first-order valence-electron chi connectivity index (χ1n) is 4.05. The molecule has 1 aromatic heterocycles. The SMILES string of the molecule is Clc1[nH]sssc1Cc1ccccc1. The highest BCUT2D eigenvalue weighted by Crippen LogP contribution is 2.25. The number of rotatable bonds is 2. The highest BCUT2D eigenvalue weighted by atomic mass is 35.5. The van der Waals surface area contributed by atoms with Gasteiger partial charge in [-0.25, -0.2) is 0 Å². The lowest BCUT2D eigenvalue weighted by Crippen LogP contribution is -1.86. The minimum absolute atomic E-state index is 0.766. The summed E-state index contributed by atoms with van der Waals surface area (Å²) in [6.07, 6.45) is 0.908. The average Bonchev–Trinajstić information content (AvgIpc) is 2.23. The third-order valence-electron chi connectivity index (χ3n) is 1.75. The topological polar surface area (TPSA) is 15.8 Å². The molecule has 1 aromatic carbocycles. The Balaban J connectivity index is 2.24. The molecule has 0 aliphatic rings. The maximum atomic E-state index is 6.05. The Morgan fingerprint density at radius 2 is 2.00 bits per heavy atom. The molecule has 0 fully saturated rings. The van der Waals surface area contributed by atoms with Crippen LogP contribution in [0.2, 0.25) is 5.15 Å². The molecule has 0 amide bonds. The van der Waals surface area contributed by atoms with Crippen molar-refractivity contribution in [1.82, 2.24) is 4.37 Å². The highest BCUT2D eigenvalue weighted by molar-refractivity contribution is 7.92. The predicted octanol–water partition coefficient (Wildman–Crippen LogP) is 4.57. The van der Waals surface area contributed by atoms with Crippen molar-refractivity contribution in [2.45, 2.75) is 6.42 Å². The number of H-pyrrole nitrogens is 1. The molecular weight excluding hydrogens is 254 g/mol. The number of nitrogens with one attached hydrogen (secondary N) is 1. The Hall–Kier alpha value is -0.290. The second kappa shape index (κ2) is 4.98. The smallest absolute Gasteiger partial charge is 0.130 e. The molecule has 0 spiro atoms. The summed E-state index contributed by atoms with van der Waals surface area (Å²) in [5.41, 5.74) is 1.29. The number of hydrogen-bond acceptors (Lipinski definition) is 3. The van der Waals surface area contributed by atoms with Gasteiger partial charge in [-0.1, -0.05) is 52.3 Å². The lowest BCUT2D eigenvalue weighted by Gasteiger charge is -2.01. The Labute approximate surface area is 98.2 Å². The molecule has 74 valence electrons. The average molecular weight is 262 g/mol. The first kappa shape index (κ1) is 10.2. The summed E-state index contributed by atoms with van der Waals surface area (Å²) in [5, 5.41) is 0.766. The van der Waals surface area contributed by atoms with Crippen LogP contribution >= 0.6 is 41.8 Å². The molecule has 0 saturated carbocycles. The van der Waals surface area contributed by atoms with E-state index in [1.807, 2.05) is 18.2 Å². The van der Waals surface area contributed by atoms with Crippen LogP contribution in [-0.2, 0) is 6.42 Å². The van der Waals surface area contributed by atoms with Gasteiger partial charge in [0.2, 0.25) is 0 Å². The molecule has 2 aromatic rings. The second-order valence-corrected chi connectivity index (χ2v) is 6.91. The van der Waals surface area contributed by atoms with Gasteiger partial charge in [-0.3, -0.25) is 4.37 Å². The number of benzene rings is 1. The Bertz CT molecular complexity index is 421. The Morgan fingerprint density at radius 3 is 2.71 bits per heavy atom. The van der Waals surface area contributed by atoms with E-state index >= 15 is 0 Å². The van der Waals surface area contributed by atoms with E-state index in [2.05, 4.69) is 16.5 Å². The van der Waals surface area contributed by atoms with Crippen LogP contribution in [0.1, 0.15) is 10.4 Å². The fourth-order valence-corrected chi connectivity index (χ4v) is 4.91. The number of halogens is 1. The minimum atomic E-state index is 0.766. The summed E-state index contributed by atoms with van der Waals surface area (Å²) in [6, 6.07) is 10.4. The van der Waals surface area contributed by atoms with Gasteiger partial charge in [-0.15, -0.1) is 0 Å². The highest BCUT2D eigenvalue weighted by Gasteiger charge is 2.01. The molecule has 14 heavy (non-hydrogen) atoms. The van der Waals surface area contributed by atoms with Crippen LogP contribution < -0.4 is 0 Å². The van der Waals surface area contributed by atoms with Gasteiger partial charge < -0.3 is 0 Å². The first-order valence-corrected chi connectivity index (χ1v) is 7.91. The van der Waals surface area contributed by atoms with E-state index in [1.165, 1.54) is 10.4 Å². The van der Waals surface area contributed by atoms with Crippen LogP contribution in [0.25, 0.3) is 0 Å². The van der Waals surface area contributed by atoms with Crippen LogP contribution in [0, 0.1) is 0 Å². The summed E-state index contributed by atoms with van der Waals surface area (Å²) in [6.45, 7) is 0. The largest absolute Gasteiger partial charge is 0.291 e. The molecule has 1 N–H and O–H groups in total. The zero-order chi connectivity index (χ0) is 9.80. The lowest BCUT2D eigenvalue weighted by molar-refractivity contribution is 1.22. The van der Waals surface area contributed by atoms with E-state index in [9.17, 15) is 0 Å². The summed E-state index contributed by atoms with van der Waals surface area (Å²) >= 11 is 6.05. The minimum Gasteiger partial charge on any atom is -0.291 e. The lowest BCUT2D eigenvalue weighted by atomic mass is 10.1. The summed E-state index contributed by atoms with van der Waals surface area (Å²) in [7, 11) is 4.99. The van der Waals surface area contributed by atoms with Crippen LogP contribution in [-0.4, -0.2) is 4.37 Å². The normalized spacial score (nSPS) is 10.1. The van der Waals surface area contributed by atoms with E-state index in [0.717, 1.165) is 11.6 Å². The van der Waals surface area contributed by atoms with Gasteiger partial charge in [0.25, 0.3) is 0 Å². The van der Waals surface area contributed by atoms with E-state index in [0.29, 0.717) is 0 Å². The van der Waals surface area contributed by atoms with E-state index in [-0.39, 0.29) is 0 Å². The molecule has 0 bridgehead atoms. The standard InChI is InChI=1S/C9H8ClNS3/c10-9-8(12-14-13-11-9)6-7-4-2-1-3-5-7/h1-5,11H,6H2. The summed E-state index contributed by atoms with van der Waals surface area (Å²) in [5.74, 6) is 0. The van der Waals surface area contributed by atoms with Gasteiger partial charge in [0, 0.05) is 17.0 Å². The van der Waals surface area contributed by atoms with E-state index < -0.39 is 0 Å². The van der Waals surface area contributed by atoms with Crippen molar-refractivity contribution in [3.63, 3.8) is 0 Å². The fourth-order valence-electron chi connectivity index (χ4n) is 1.09. The van der Waals surface area contributed by atoms with Crippen molar-refractivity contribution in [3.8, 4) is 0 Å². The van der Waals surface area contributed by atoms with Gasteiger partial charge in [0.15, 0.2) is 0 Å². The molecule has 5 heteroatoms. The van der Waals surface area contributed by atoms with Crippen molar-refractivity contribution in [2.24, 2.45) is 0 Å². The zero-order valence-corrected chi connectivity index (χ0v) is 10.4. The van der Waals surface area contributed by atoms with Crippen molar-refractivity contribution >= 4 is 41.8 Å². The molecule has 1 heterocycles. The molecule has 0 atom stereocenters. The number of aromatic amines is 1. The van der Waals surface area contributed by atoms with Crippen molar-refractivity contribution in [1.29, 1.82) is 0 Å². The maximum absolute atomic E-state index is 6.05. The quantitative estimate of drug-likeness (QED) is 0.763. The molecule has 0 unspecified atom stereocenters. The molecule has 1 nitrogen and oxygen atoms in total. The van der Waals surface area contributed by atoms with Crippen LogP contribution in [0.3, 0.4) is 0 Å². The molecule has 0 aliphatic carbocycles. The number of hydrogen-bond donors (Lipinski definition) is 1. The van der Waals surface area contributed by atoms with E-state index in [4.69, 9.17) is 11.6 Å².